The molecule has 0 saturated heterocycles. The van der Waals surface area contributed by atoms with E-state index < -0.39 is 5.97 Å². The zero-order valence-corrected chi connectivity index (χ0v) is 7.85. The minimum absolute atomic E-state index is 0.00574. The molecule has 5 heteroatoms. The van der Waals surface area contributed by atoms with Crippen LogP contribution in [-0.4, -0.2) is 25.6 Å². The highest BCUT2D eigenvalue weighted by molar-refractivity contribution is 5.98. The van der Waals surface area contributed by atoms with Gasteiger partial charge in [0.15, 0.2) is 5.69 Å². The molecule has 14 heavy (non-hydrogen) atoms. The maximum atomic E-state index is 10.8. The third-order valence-corrected chi connectivity index (χ3v) is 2.23. The lowest BCUT2D eigenvalue weighted by molar-refractivity contribution is 0.0692. The minimum Gasteiger partial charge on any atom is -0.476 e. The molecule has 5 nitrogen and oxygen atoms in total. The predicted octanol–water partition coefficient (Wildman–Crippen LogP) is 0.975. The molecule has 2 heterocycles. The molecule has 0 aromatic carbocycles. The van der Waals surface area contributed by atoms with Gasteiger partial charge in [-0.15, -0.1) is 0 Å². The van der Waals surface area contributed by atoms with Gasteiger partial charge in [-0.3, -0.25) is 0 Å². The molecule has 0 spiro atoms. The van der Waals surface area contributed by atoms with Crippen LogP contribution in [0.25, 0.3) is 11.0 Å². The summed E-state index contributed by atoms with van der Waals surface area (Å²) in [5.74, 6) is -0.274. The molecule has 0 radical (unpaired) electrons. The van der Waals surface area contributed by atoms with Gasteiger partial charge in [0, 0.05) is 13.2 Å². The van der Waals surface area contributed by atoms with Crippen molar-refractivity contribution < 1.29 is 9.90 Å². The van der Waals surface area contributed by atoms with E-state index >= 15 is 0 Å². The molecule has 0 atom stereocenters. The fourth-order valence-corrected chi connectivity index (χ4v) is 1.39. The van der Waals surface area contributed by atoms with Crippen LogP contribution in [0.4, 0.5) is 0 Å². The van der Waals surface area contributed by atoms with Crippen molar-refractivity contribution in [2.24, 2.45) is 7.05 Å². The Morgan fingerprint density at radius 2 is 2.29 bits per heavy atom. The van der Waals surface area contributed by atoms with Crippen LogP contribution in [0.2, 0.25) is 0 Å². The standard InChI is InChI=1S/C9H9N3O2/c1-5-11-7-6(12(5)2)3-4-10-8(7)9(13)14/h3-4H,1-2H3,(H,13,14). The highest BCUT2D eigenvalue weighted by atomic mass is 16.4. The second kappa shape index (κ2) is 2.80. The van der Waals surface area contributed by atoms with Gasteiger partial charge in [-0.1, -0.05) is 0 Å². The lowest BCUT2D eigenvalue weighted by Crippen LogP contribution is -2.00. The molecule has 0 saturated carbocycles. The second-order valence-electron chi connectivity index (χ2n) is 3.05. The largest absolute Gasteiger partial charge is 0.476 e. The molecule has 0 amide bonds. The number of carboxylic acid groups (broad SMARTS) is 1. The van der Waals surface area contributed by atoms with Crippen LogP contribution >= 0.6 is 0 Å². The summed E-state index contributed by atoms with van der Waals surface area (Å²) < 4.78 is 1.84. The van der Waals surface area contributed by atoms with Gasteiger partial charge in [0.1, 0.15) is 11.3 Å². The van der Waals surface area contributed by atoms with E-state index in [1.807, 2.05) is 18.5 Å². The molecule has 2 rings (SSSR count). The number of carboxylic acids is 1. The van der Waals surface area contributed by atoms with Crippen molar-refractivity contribution in [3.8, 4) is 0 Å². The van der Waals surface area contributed by atoms with Crippen molar-refractivity contribution in [3.05, 3.63) is 23.8 Å². The molecule has 0 unspecified atom stereocenters. The number of carbonyl (C=O) groups is 1. The summed E-state index contributed by atoms with van der Waals surface area (Å²) in [5, 5.41) is 8.87. The first kappa shape index (κ1) is 8.68. The SMILES string of the molecule is Cc1nc2c(C(=O)O)nccc2n1C. The maximum Gasteiger partial charge on any atom is 0.356 e. The maximum absolute atomic E-state index is 10.8. The number of fused-ring (bicyclic) bond motifs is 1. The normalized spacial score (nSPS) is 10.7. The average molecular weight is 191 g/mol. The zero-order valence-electron chi connectivity index (χ0n) is 7.85. The van der Waals surface area contributed by atoms with Crippen molar-refractivity contribution in [2.75, 3.05) is 0 Å². The summed E-state index contributed by atoms with van der Waals surface area (Å²) >= 11 is 0. The number of pyridine rings is 1. The monoisotopic (exact) mass is 191 g/mol. The van der Waals surface area contributed by atoms with E-state index in [-0.39, 0.29) is 5.69 Å². The van der Waals surface area contributed by atoms with Gasteiger partial charge < -0.3 is 9.67 Å². The van der Waals surface area contributed by atoms with Crippen LogP contribution in [0.5, 0.6) is 0 Å². The lowest BCUT2D eigenvalue weighted by atomic mass is 10.3. The van der Waals surface area contributed by atoms with Crippen molar-refractivity contribution in [1.82, 2.24) is 14.5 Å². The zero-order chi connectivity index (χ0) is 10.3. The molecular formula is C9H9N3O2. The van der Waals surface area contributed by atoms with E-state index in [0.29, 0.717) is 5.52 Å². The number of aromatic carboxylic acids is 1. The summed E-state index contributed by atoms with van der Waals surface area (Å²) in [6.45, 7) is 1.83. The van der Waals surface area contributed by atoms with Crippen molar-refractivity contribution >= 4 is 17.0 Å². The summed E-state index contributed by atoms with van der Waals surface area (Å²) in [7, 11) is 1.84. The Labute approximate surface area is 80.0 Å². The minimum atomic E-state index is -1.05. The molecule has 0 fully saturated rings. The molecule has 0 aliphatic carbocycles. The number of aromatic nitrogens is 3. The number of aryl methyl sites for hydroxylation is 2. The molecule has 1 N–H and O–H groups in total. The smallest absolute Gasteiger partial charge is 0.356 e. The van der Waals surface area contributed by atoms with E-state index in [4.69, 9.17) is 5.11 Å². The Kier molecular flexibility index (Phi) is 1.73. The van der Waals surface area contributed by atoms with Gasteiger partial charge in [-0.2, -0.15) is 0 Å². The first-order valence-electron chi connectivity index (χ1n) is 4.12. The molecular weight excluding hydrogens is 182 g/mol. The summed E-state index contributed by atoms with van der Waals surface area (Å²) in [6.07, 6.45) is 1.48. The topological polar surface area (TPSA) is 68.0 Å². The van der Waals surface area contributed by atoms with Gasteiger partial charge in [0.25, 0.3) is 0 Å². The third-order valence-electron chi connectivity index (χ3n) is 2.23. The predicted molar refractivity (Wildman–Crippen MR) is 50.2 cm³/mol. The van der Waals surface area contributed by atoms with E-state index in [9.17, 15) is 4.79 Å². The average Bonchev–Trinajstić information content (AvgIpc) is 2.43. The highest BCUT2D eigenvalue weighted by Crippen LogP contribution is 2.16. The molecule has 0 aliphatic heterocycles. The first-order chi connectivity index (χ1) is 6.61. The number of nitrogens with zero attached hydrogens (tertiary/aromatic N) is 3. The summed E-state index contributed by atoms with van der Waals surface area (Å²) in [4.78, 5) is 18.8. The van der Waals surface area contributed by atoms with Crippen molar-refractivity contribution in [1.29, 1.82) is 0 Å². The fourth-order valence-electron chi connectivity index (χ4n) is 1.39. The van der Waals surface area contributed by atoms with Crippen molar-refractivity contribution in [3.63, 3.8) is 0 Å². The number of rotatable bonds is 1. The van der Waals surface area contributed by atoms with Gasteiger partial charge in [-0.05, 0) is 13.0 Å². The Morgan fingerprint density at radius 3 is 2.93 bits per heavy atom. The number of imidazole rings is 1. The molecule has 0 aliphatic rings. The van der Waals surface area contributed by atoms with E-state index in [1.54, 1.807) is 6.07 Å². The molecule has 2 aromatic heterocycles. The Bertz CT molecular complexity index is 516. The first-order valence-corrected chi connectivity index (χ1v) is 4.12. The van der Waals surface area contributed by atoms with Crippen LogP contribution in [0, 0.1) is 6.92 Å². The molecule has 72 valence electrons. The number of hydrogen-bond acceptors (Lipinski definition) is 3. The van der Waals surface area contributed by atoms with Crippen LogP contribution < -0.4 is 0 Å². The van der Waals surface area contributed by atoms with Crippen molar-refractivity contribution in [2.45, 2.75) is 6.92 Å². The molecule has 2 aromatic rings. The van der Waals surface area contributed by atoms with E-state index in [2.05, 4.69) is 9.97 Å². The highest BCUT2D eigenvalue weighted by Gasteiger charge is 2.14. The summed E-state index contributed by atoms with van der Waals surface area (Å²) in [5.41, 5.74) is 1.24. The third kappa shape index (κ3) is 1.06. The lowest BCUT2D eigenvalue weighted by Gasteiger charge is -1.96. The van der Waals surface area contributed by atoms with Gasteiger partial charge in [-0.25, -0.2) is 14.8 Å². The van der Waals surface area contributed by atoms with Crippen LogP contribution in [-0.2, 0) is 7.05 Å². The Balaban J connectivity index is 2.88. The second-order valence-corrected chi connectivity index (χ2v) is 3.05. The Morgan fingerprint density at radius 1 is 1.57 bits per heavy atom. The fraction of sp³-hybridized carbons (Fsp3) is 0.222. The van der Waals surface area contributed by atoms with E-state index in [0.717, 1.165) is 11.3 Å². The number of hydrogen-bond donors (Lipinski definition) is 1. The van der Waals surface area contributed by atoms with E-state index in [1.165, 1.54) is 6.20 Å². The van der Waals surface area contributed by atoms with Gasteiger partial charge in [0.05, 0.1) is 5.52 Å². The van der Waals surface area contributed by atoms with Crippen LogP contribution in [0.1, 0.15) is 16.3 Å². The van der Waals surface area contributed by atoms with Crippen LogP contribution in [0.3, 0.4) is 0 Å². The van der Waals surface area contributed by atoms with Crippen LogP contribution in [0.15, 0.2) is 12.3 Å². The van der Waals surface area contributed by atoms with Gasteiger partial charge in [0.2, 0.25) is 0 Å². The Hall–Kier alpha value is -1.91. The molecule has 0 bridgehead atoms. The quantitative estimate of drug-likeness (QED) is 0.729. The van der Waals surface area contributed by atoms with Gasteiger partial charge >= 0.3 is 5.97 Å². The summed E-state index contributed by atoms with van der Waals surface area (Å²) in [6, 6.07) is 1.75.